The Morgan fingerprint density at radius 2 is 1.67 bits per heavy atom. The summed E-state index contributed by atoms with van der Waals surface area (Å²) in [7, 11) is 0. The molecule has 0 aliphatic heterocycles. The number of anilines is 2. The molecule has 0 fully saturated rings. The van der Waals surface area contributed by atoms with Crippen LogP contribution >= 0.6 is 0 Å². The van der Waals surface area contributed by atoms with Crippen LogP contribution in [-0.2, 0) is 9.59 Å². The van der Waals surface area contributed by atoms with Crippen molar-refractivity contribution in [2.45, 2.75) is 33.8 Å². The lowest BCUT2D eigenvalue weighted by atomic mass is 10.1. The molecule has 0 heterocycles. The van der Waals surface area contributed by atoms with Crippen LogP contribution in [0.5, 0.6) is 5.75 Å². The third kappa shape index (κ3) is 4.84. The summed E-state index contributed by atoms with van der Waals surface area (Å²) in [4.78, 5) is 23.4. The molecule has 126 valence electrons. The number of aryl methyl sites for hydroxylation is 2. The minimum Gasteiger partial charge on any atom is -0.481 e. The van der Waals surface area contributed by atoms with Gasteiger partial charge < -0.3 is 15.4 Å². The fraction of sp³-hybridized carbons (Fsp3) is 0.263. The third-order valence-corrected chi connectivity index (χ3v) is 3.47. The lowest BCUT2D eigenvalue weighted by Gasteiger charge is -2.17. The van der Waals surface area contributed by atoms with Gasteiger partial charge in [0.2, 0.25) is 5.91 Å². The van der Waals surface area contributed by atoms with Crippen LogP contribution in [0.2, 0.25) is 0 Å². The summed E-state index contributed by atoms with van der Waals surface area (Å²) < 4.78 is 5.77. The Morgan fingerprint density at radius 3 is 2.33 bits per heavy atom. The molecule has 5 heteroatoms. The standard InChI is InChI=1S/C19H22N2O3/c1-12-8-9-13(2)18(10-12)24-14(3)19(23)21-17-7-5-6-16(11-17)20-15(4)22/h5-11,14H,1-4H3,(H,20,22)(H,21,23). The molecule has 0 aliphatic rings. The molecule has 0 saturated carbocycles. The van der Waals surface area contributed by atoms with E-state index < -0.39 is 6.10 Å². The SMILES string of the molecule is CC(=O)Nc1cccc(NC(=O)C(C)Oc2cc(C)ccc2C)c1. The second-order valence-electron chi connectivity index (χ2n) is 5.78. The Bertz CT molecular complexity index is 756. The molecule has 0 spiro atoms. The van der Waals surface area contributed by atoms with Crippen molar-refractivity contribution in [2.24, 2.45) is 0 Å². The summed E-state index contributed by atoms with van der Waals surface area (Å²) in [5.41, 5.74) is 3.28. The molecule has 2 aromatic carbocycles. The van der Waals surface area contributed by atoms with Crippen LogP contribution in [-0.4, -0.2) is 17.9 Å². The largest absolute Gasteiger partial charge is 0.481 e. The minimum atomic E-state index is -0.644. The van der Waals surface area contributed by atoms with Crippen molar-refractivity contribution in [3.8, 4) is 5.75 Å². The number of carbonyl (C=O) groups is 2. The predicted octanol–water partition coefficient (Wildman–Crippen LogP) is 3.67. The maximum atomic E-state index is 12.3. The van der Waals surface area contributed by atoms with Gasteiger partial charge in [0.05, 0.1) is 0 Å². The maximum Gasteiger partial charge on any atom is 0.265 e. The summed E-state index contributed by atoms with van der Waals surface area (Å²) in [6.07, 6.45) is -0.644. The molecule has 5 nitrogen and oxygen atoms in total. The molecule has 2 N–H and O–H groups in total. The van der Waals surface area contributed by atoms with Gasteiger partial charge in [0, 0.05) is 18.3 Å². The summed E-state index contributed by atoms with van der Waals surface area (Å²) >= 11 is 0. The first-order valence-electron chi connectivity index (χ1n) is 7.77. The highest BCUT2D eigenvalue weighted by Crippen LogP contribution is 2.21. The van der Waals surface area contributed by atoms with E-state index in [9.17, 15) is 9.59 Å². The van der Waals surface area contributed by atoms with Gasteiger partial charge in [0.1, 0.15) is 5.75 Å². The van der Waals surface area contributed by atoms with Crippen LogP contribution in [0.3, 0.4) is 0 Å². The zero-order valence-corrected chi connectivity index (χ0v) is 14.3. The maximum absolute atomic E-state index is 12.3. The highest BCUT2D eigenvalue weighted by atomic mass is 16.5. The van der Waals surface area contributed by atoms with Gasteiger partial charge in [0.25, 0.3) is 5.91 Å². The highest BCUT2D eigenvalue weighted by molar-refractivity contribution is 5.95. The molecule has 1 atom stereocenters. The van der Waals surface area contributed by atoms with Crippen molar-refractivity contribution in [2.75, 3.05) is 10.6 Å². The molecule has 0 bridgehead atoms. The number of nitrogens with one attached hydrogen (secondary N) is 2. The van der Waals surface area contributed by atoms with Gasteiger partial charge in [-0.1, -0.05) is 18.2 Å². The highest BCUT2D eigenvalue weighted by Gasteiger charge is 2.16. The van der Waals surface area contributed by atoms with Crippen LogP contribution in [0, 0.1) is 13.8 Å². The fourth-order valence-electron chi connectivity index (χ4n) is 2.20. The van der Waals surface area contributed by atoms with Gasteiger partial charge in [0.15, 0.2) is 6.10 Å². The van der Waals surface area contributed by atoms with Gasteiger partial charge in [-0.25, -0.2) is 0 Å². The smallest absolute Gasteiger partial charge is 0.265 e. The molecule has 2 rings (SSSR count). The van der Waals surface area contributed by atoms with Crippen LogP contribution in [0.15, 0.2) is 42.5 Å². The predicted molar refractivity (Wildman–Crippen MR) is 95.4 cm³/mol. The van der Waals surface area contributed by atoms with E-state index in [0.29, 0.717) is 17.1 Å². The lowest BCUT2D eigenvalue weighted by molar-refractivity contribution is -0.122. The number of carbonyl (C=O) groups excluding carboxylic acids is 2. The van der Waals surface area contributed by atoms with Crippen LogP contribution in [0.25, 0.3) is 0 Å². The Balaban J connectivity index is 2.03. The van der Waals surface area contributed by atoms with Gasteiger partial charge in [-0.15, -0.1) is 0 Å². The molecule has 1 unspecified atom stereocenters. The van der Waals surface area contributed by atoms with Gasteiger partial charge in [-0.3, -0.25) is 9.59 Å². The van der Waals surface area contributed by atoms with E-state index in [1.54, 1.807) is 31.2 Å². The Hall–Kier alpha value is -2.82. The van der Waals surface area contributed by atoms with E-state index in [2.05, 4.69) is 10.6 Å². The summed E-state index contributed by atoms with van der Waals surface area (Å²) in [6, 6.07) is 12.9. The van der Waals surface area contributed by atoms with Gasteiger partial charge >= 0.3 is 0 Å². The van der Waals surface area contributed by atoms with E-state index in [0.717, 1.165) is 11.1 Å². The quantitative estimate of drug-likeness (QED) is 0.881. The molecule has 0 aliphatic carbocycles. The second-order valence-corrected chi connectivity index (χ2v) is 5.78. The molecule has 0 radical (unpaired) electrons. The van der Waals surface area contributed by atoms with Crippen molar-refractivity contribution in [1.82, 2.24) is 0 Å². The Morgan fingerprint density at radius 1 is 1.00 bits per heavy atom. The summed E-state index contributed by atoms with van der Waals surface area (Å²) in [5, 5.41) is 5.47. The minimum absolute atomic E-state index is 0.162. The molecular weight excluding hydrogens is 304 g/mol. The first-order valence-corrected chi connectivity index (χ1v) is 7.77. The number of hydrogen-bond acceptors (Lipinski definition) is 3. The summed E-state index contributed by atoms with van der Waals surface area (Å²) in [5.74, 6) is 0.283. The average molecular weight is 326 g/mol. The first kappa shape index (κ1) is 17.5. The van der Waals surface area contributed by atoms with Crippen molar-refractivity contribution in [3.05, 3.63) is 53.6 Å². The van der Waals surface area contributed by atoms with Gasteiger partial charge in [-0.05, 0) is 56.2 Å². The van der Waals surface area contributed by atoms with Crippen molar-refractivity contribution in [1.29, 1.82) is 0 Å². The topological polar surface area (TPSA) is 67.4 Å². The number of hydrogen-bond donors (Lipinski definition) is 2. The Labute approximate surface area is 142 Å². The second kappa shape index (κ2) is 7.64. The van der Waals surface area contributed by atoms with Gasteiger partial charge in [-0.2, -0.15) is 0 Å². The van der Waals surface area contributed by atoms with Crippen LogP contribution < -0.4 is 15.4 Å². The number of ether oxygens (including phenoxy) is 1. The average Bonchev–Trinajstić information content (AvgIpc) is 2.50. The van der Waals surface area contributed by atoms with E-state index in [4.69, 9.17) is 4.74 Å². The van der Waals surface area contributed by atoms with E-state index >= 15 is 0 Å². The zero-order valence-electron chi connectivity index (χ0n) is 14.3. The molecule has 24 heavy (non-hydrogen) atoms. The summed E-state index contributed by atoms with van der Waals surface area (Å²) in [6.45, 7) is 7.06. The molecular formula is C19H22N2O3. The Kier molecular flexibility index (Phi) is 5.58. The van der Waals surface area contributed by atoms with Crippen LogP contribution in [0.4, 0.5) is 11.4 Å². The molecule has 2 aromatic rings. The monoisotopic (exact) mass is 326 g/mol. The van der Waals surface area contributed by atoms with E-state index in [1.807, 2.05) is 32.0 Å². The fourth-order valence-corrected chi connectivity index (χ4v) is 2.20. The van der Waals surface area contributed by atoms with Crippen LogP contribution in [0.1, 0.15) is 25.0 Å². The number of benzene rings is 2. The molecule has 0 aromatic heterocycles. The number of rotatable bonds is 5. The molecule has 0 saturated heterocycles. The normalized spacial score (nSPS) is 11.5. The first-order chi connectivity index (χ1) is 11.3. The van der Waals surface area contributed by atoms with E-state index in [1.165, 1.54) is 6.92 Å². The van der Waals surface area contributed by atoms with Crippen molar-refractivity contribution >= 4 is 23.2 Å². The lowest BCUT2D eigenvalue weighted by Crippen LogP contribution is -2.30. The van der Waals surface area contributed by atoms with Crippen molar-refractivity contribution in [3.63, 3.8) is 0 Å². The third-order valence-electron chi connectivity index (χ3n) is 3.47. The van der Waals surface area contributed by atoms with Crippen molar-refractivity contribution < 1.29 is 14.3 Å². The number of amides is 2. The molecule has 2 amide bonds. The zero-order chi connectivity index (χ0) is 17.7. The van der Waals surface area contributed by atoms with E-state index in [-0.39, 0.29) is 11.8 Å².